The maximum absolute atomic E-state index is 12.0. The summed E-state index contributed by atoms with van der Waals surface area (Å²) in [6, 6.07) is 1.99. The summed E-state index contributed by atoms with van der Waals surface area (Å²) in [6.07, 6.45) is 0.195. The fourth-order valence-corrected chi connectivity index (χ4v) is 4.23. The molecule has 0 aromatic heterocycles. The number of halogens is 1. The fourth-order valence-electron chi connectivity index (χ4n) is 1.42. The van der Waals surface area contributed by atoms with E-state index in [4.69, 9.17) is 21.0 Å². The van der Waals surface area contributed by atoms with Gasteiger partial charge in [0.1, 0.15) is 0 Å². The molecule has 0 fully saturated rings. The molecular formula is C9H18ClN2O2P. The molecule has 4 nitrogen and oxygen atoms in total. The molecule has 0 aliphatic carbocycles. The van der Waals surface area contributed by atoms with E-state index in [2.05, 4.69) is 0 Å². The van der Waals surface area contributed by atoms with Crippen molar-refractivity contribution in [3.63, 3.8) is 0 Å². The third-order valence-corrected chi connectivity index (χ3v) is 4.59. The van der Waals surface area contributed by atoms with Crippen LogP contribution in [0.25, 0.3) is 0 Å². The highest BCUT2D eigenvalue weighted by molar-refractivity contribution is 7.83. The molecule has 0 aromatic rings. The maximum atomic E-state index is 12.0. The number of hydrogen-bond acceptors (Lipinski definition) is 3. The quantitative estimate of drug-likeness (QED) is 0.537. The summed E-state index contributed by atoms with van der Waals surface area (Å²) in [6.45, 7) is 4.44. The summed E-state index contributed by atoms with van der Waals surface area (Å²) in [5, 5.41) is 8.34. The molecule has 0 amide bonds. The molecule has 0 rings (SSSR count). The molecule has 0 saturated carbocycles. The average molecular weight is 253 g/mol. The van der Waals surface area contributed by atoms with Crippen LogP contribution in [0.15, 0.2) is 0 Å². The normalized spacial score (nSPS) is 15.7. The van der Waals surface area contributed by atoms with Crippen LogP contribution in [0.2, 0.25) is 0 Å². The van der Waals surface area contributed by atoms with Gasteiger partial charge in [0.25, 0.3) is 0 Å². The Kier molecular flexibility index (Phi) is 6.47. The van der Waals surface area contributed by atoms with Crippen LogP contribution in [-0.4, -0.2) is 23.4 Å². The topological polar surface area (TPSA) is 53.3 Å². The van der Waals surface area contributed by atoms with Crippen molar-refractivity contribution in [2.45, 2.75) is 46.2 Å². The van der Waals surface area contributed by atoms with Gasteiger partial charge < -0.3 is 4.52 Å². The van der Waals surface area contributed by atoms with Gasteiger partial charge in [-0.15, -0.1) is 0 Å². The van der Waals surface area contributed by atoms with Gasteiger partial charge in [-0.3, -0.25) is 4.57 Å². The van der Waals surface area contributed by atoms with E-state index in [9.17, 15) is 4.57 Å². The highest BCUT2D eigenvalue weighted by Crippen LogP contribution is 2.58. The van der Waals surface area contributed by atoms with Crippen LogP contribution >= 0.6 is 18.1 Å². The first-order valence-corrected chi connectivity index (χ1v) is 7.41. The molecule has 0 unspecified atom stereocenters. The first-order chi connectivity index (χ1) is 6.83. The van der Waals surface area contributed by atoms with Gasteiger partial charge in [0.2, 0.25) is 0 Å². The molecule has 0 radical (unpaired) electrons. The van der Waals surface area contributed by atoms with E-state index in [0.29, 0.717) is 0 Å². The van der Waals surface area contributed by atoms with E-state index in [-0.39, 0.29) is 25.1 Å². The highest BCUT2D eigenvalue weighted by Gasteiger charge is 2.33. The third-order valence-electron chi connectivity index (χ3n) is 1.80. The van der Waals surface area contributed by atoms with Crippen molar-refractivity contribution in [1.29, 1.82) is 5.26 Å². The van der Waals surface area contributed by atoms with Gasteiger partial charge in [0.05, 0.1) is 19.1 Å². The zero-order chi connectivity index (χ0) is 12.1. The van der Waals surface area contributed by atoms with Crippen molar-refractivity contribution in [3.8, 4) is 6.07 Å². The van der Waals surface area contributed by atoms with Crippen molar-refractivity contribution in [3.05, 3.63) is 0 Å². The van der Waals surface area contributed by atoms with Crippen LogP contribution < -0.4 is 0 Å². The zero-order valence-corrected chi connectivity index (χ0v) is 11.3. The van der Waals surface area contributed by atoms with Crippen LogP contribution in [0.4, 0.5) is 0 Å². The van der Waals surface area contributed by atoms with E-state index in [1.54, 1.807) is 4.67 Å². The van der Waals surface area contributed by atoms with Crippen LogP contribution in [0.5, 0.6) is 0 Å². The van der Waals surface area contributed by atoms with E-state index >= 15 is 0 Å². The second-order valence-corrected chi connectivity index (χ2v) is 6.66. The van der Waals surface area contributed by atoms with Crippen LogP contribution in [-0.2, 0) is 9.09 Å². The fraction of sp³-hybridized carbons (Fsp3) is 0.889. The number of hydrogen-bond donors (Lipinski definition) is 0. The van der Waals surface area contributed by atoms with E-state index in [0.717, 1.165) is 0 Å². The molecule has 0 heterocycles. The largest absolute Gasteiger partial charge is 0.363 e. The van der Waals surface area contributed by atoms with Crippen LogP contribution in [0.1, 0.15) is 34.1 Å². The minimum atomic E-state index is -3.29. The van der Waals surface area contributed by atoms with Gasteiger partial charge in [-0.1, -0.05) is 0 Å². The van der Waals surface area contributed by atoms with E-state index in [1.807, 2.05) is 33.8 Å². The van der Waals surface area contributed by atoms with Crippen molar-refractivity contribution < 1.29 is 9.09 Å². The van der Waals surface area contributed by atoms with Gasteiger partial charge in [0, 0.05) is 12.1 Å². The number of nitriles is 1. The Hall–Kier alpha value is -0.0700. The van der Waals surface area contributed by atoms with Crippen LogP contribution in [0.3, 0.4) is 0 Å². The van der Waals surface area contributed by atoms with Crippen molar-refractivity contribution in [1.82, 2.24) is 4.67 Å². The summed E-state index contributed by atoms with van der Waals surface area (Å²) < 4.78 is 18.7. The predicted octanol–water partition coefficient (Wildman–Crippen LogP) is 3.38. The summed E-state index contributed by atoms with van der Waals surface area (Å²) in [7, 11) is 0. The molecule has 0 aliphatic heterocycles. The second-order valence-electron chi connectivity index (χ2n) is 3.76. The molecule has 0 aromatic carbocycles. The van der Waals surface area contributed by atoms with Gasteiger partial charge >= 0.3 is 6.87 Å². The Morgan fingerprint density at radius 2 is 1.87 bits per heavy atom. The lowest BCUT2D eigenvalue weighted by Gasteiger charge is -2.32. The zero-order valence-electron chi connectivity index (χ0n) is 9.61. The molecular weight excluding hydrogens is 235 g/mol. The van der Waals surface area contributed by atoms with Crippen LogP contribution in [0, 0.1) is 11.3 Å². The summed E-state index contributed by atoms with van der Waals surface area (Å²) >= 11 is 5.88. The monoisotopic (exact) mass is 252 g/mol. The minimum Gasteiger partial charge on any atom is -0.305 e. The Bertz CT molecular complexity index is 268. The SMILES string of the molecule is CC(C)N(C(C)C)[P@](=O)(Cl)OCCC#N. The molecule has 6 heteroatoms. The summed E-state index contributed by atoms with van der Waals surface area (Å²) in [5.74, 6) is 0. The summed E-state index contributed by atoms with van der Waals surface area (Å²) in [4.78, 5) is 0. The Morgan fingerprint density at radius 1 is 1.40 bits per heavy atom. The highest BCUT2D eigenvalue weighted by atomic mass is 35.7. The lowest BCUT2D eigenvalue weighted by Crippen LogP contribution is -2.33. The molecule has 0 saturated heterocycles. The average Bonchev–Trinajstić information content (AvgIpc) is 2.01. The lowest BCUT2D eigenvalue weighted by molar-refractivity contribution is 0.231. The second kappa shape index (κ2) is 6.50. The molecule has 0 spiro atoms. The van der Waals surface area contributed by atoms with Crippen molar-refractivity contribution in [2.24, 2.45) is 0 Å². The van der Waals surface area contributed by atoms with E-state index in [1.165, 1.54) is 0 Å². The standard InChI is InChI=1S/C9H18ClN2O2P/c1-8(2)12(9(3)4)15(10,13)14-7-5-6-11/h8-9H,5,7H2,1-4H3/t15-/m0/s1. The maximum Gasteiger partial charge on any atom is 0.363 e. The van der Waals surface area contributed by atoms with Gasteiger partial charge in [-0.2, -0.15) is 5.26 Å². The molecule has 0 N–H and O–H groups in total. The van der Waals surface area contributed by atoms with Crippen molar-refractivity contribution >= 4 is 18.1 Å². The van der Waals surface area contributed by atoms with E-state index < -0.39 is 6.87 Å². The van der Waals surface area contributed by atoms with Gasteiger partial charge in [-0.25, -0.2) is 4.67 Å². The molecule has 88 valence electrons. The van der Waals surface area contributed by atoms with Gasteiger partial charge in [0.15, 0.2) is 0 Å². The predicted molar refractivity (Wildman–Crippen MR) is 61.8 cm³/mol. The number of nitrogens with zero attached hydrogens (tertiary/aromatic N) is 2. The Morgan fingerprint density at radius 3 is 2.20 bits per heavy atom. The number of rotatable bonds is 6. The molecule has 0 bridgehead atoms. The smallest absolute Gasteiger partial charge is 0.305 e. The minimum absolute atomic E-state index is 0.0374. The molecule has 1 atom stereocenters. The first-order valence-electron chi connectivity index (χ1n) is 4.93. The Labute approximate surface area is 96.5 Å². The summed E-state index contributed by atoms with van der Waals surface area (Å²) in [5.41, 5.74) is 0. The third kappa shape index (κ3) is 4.99. The Balaban J connectivity index is 4.52. The lowest BCUT2D eigenvalue weighted by atomic mass is 10.3. The van der Waals surface area contributed by atoms with Crippen molar-refractivity contribution in [2.75, 3.05) is 6.61 Å². The molecule has 0 aliphatic rings. The molecule has 15 heavy (non-hydrogen) atoms. The first kappa shape index (κ1) is 14.9. The van der Waals surface area contributed by atoms with Gasteiger partial charge in [-0.05, 0) is 38.9 Å².